The average molecular weight is 256 g/mol. The lowest BCUT2D eigenvalue weighted by atomic mass is 10.3. The molecule has 0 radical (unpaired) electrons. The highest BCUT2D eigenvalue weighted by molar-refractivity contribution is 7.84. The van der Waals surface area contributed by atoms with Crippen LogP contribution in [0.15, 0.2) is 6.07 Å². The topological polar surface area (TPSA) is 66.9 Å². The van der Waals surface area contributed by atoms with Gasteiger partial charge < -0.3 is 10.6 Å². The molecule has 0 saturated heterocycles. The van der Waals surface area contributed by atoms with Crippen LogP contribution in [-0.4, -0.2) is 39.3 Å². The standard InChI is InChI=1S/C11H20N4OS/c1-5-9-14-10(12-3)6-11(15-9)13-8(2)7-17(4)16/h6,8H,5,7H2,1-4H3,(H2,12,13,14,15). The van der Waals surface area contributed by atoms with Crippen LogP contribution in [0.2, 0.25) is 0 Å². The minimum Gasteiger partial charge on any atom is -0.373 e. The lowest BCUT2D eigenvalue weighted by molar-refractivity contribution is 0.682. The first-order valence-electron chi connectivity index (χ1n) is 5.67. The Bertz CT molecular complexity index is 375. The van der Waals surface area contributed by atoms with E-state index in [0.29, 0.717) is 5.75 Å². The highest BCUT2D eigenvalue weighted by atomic mass is 32.2. The molecule has 0 bridgehead atoms. The van der Waals surface area contributed by atoms with E-state index in [1.165, 1.54) is 0 Å². The molecule has 5 nitrogen and oxygen atoms in total. The summed E-state index contributed by atoms with van der Waals surface area (Å²) in [6, 6.07) is 1.99. The van der Waals surface area contributed by atoms with E-state index in [-0.39, 0.29) is 6.04 Å². The molecule has 0 amide bonds. The number of rotatable bonds is 6. The maximum Gasteiger partial charge on any atom is 0.132 e. The molecule has 96 valence electrons. The number of anilines is 2. The second-order valence-corrected chi connectivity index (χ2v) is 5.42. The second-order valence-electron chi connectivity index (χ2n) is 3.94. The van der Waals surface area contributed by atoms with Gasteiger partial charge in [-0.25, -0.2) is 9.97 Å². The van der Waals surface area contributed by atoms with Crippen molar-refractivity contribution in [1.29, 1.82) is 0 Å². The smallest absolute Gasteiger partial charge is 0.132 e. The van der Waals surface area contributed by atoms with E-state index in [1.54, 1.807) is 6.26 Å². The molecule has 1 rings (SSSR count). The molecule has 0 aliphatic carbocycles. The number of aryl methyl sites for hydroxylation is 1. The molecular formula is C11H20N4OS. The van der Waals surface area contributed by atoms with E-state index in [0.717, 1.165) is 23.9 Å². The number of nitrogens with one attached hydrogen (secondary N) is 2. The summed E-state index contributed by atoms with van der Waals surface area (Å²) in [6.07, 6.45) is 2.49. The third kappa shape index (κ3) is 4.68. The zero-order chi connectivity index (χ0) is 12.8. The molecule has 2 N–H and O–H groups in total. The van der Waals surface area contributed by atoms with Crippen LogP contribution in [0.25, 0.3) is 0 Å². The Balaban J connectivity index is 2.79. The first kappa shape index (κ1) is 13.9. The summed E-state index contributed by atoms with van der Waals surface area (Å²) in [5.41, 5.74) is 0. The molecule has 0 aliphatic heterocycles. The van der Waals surface area contributed by atoms with Crippen LogP contribution in [-0.2, 0) is 17.2 Å². The van der Waals surface area contributed by atoms with Crippen LogP contribution in [0.3, 0.4) is 0 Å². The van der Waals surface area contributed by atoms with Crippen molar-refractivity contribution in [3.05, 3.63) is 11.9 Å². The summed E-state index contributed by atoms with van der Waals surface area (Å²) < 4.78 is 11.1. The fourth-order valence-electron chi connectivity index (χ4n) is 1.50. The molecule has 0 saturated carbocycles. The fraction of sp³-hybridized carbons (Fsp3) is 0.636. The average Bonchev–Trinajstić information content (AvgIpc) is 2.27. The predicted molar refractivity (Wildman–Crippen MR) is 73.0 cm³/mol. The van der Waals surface area contributed by atoms with Gasteiger partial charge in [0.1, 0.15) is 17.5 Å². The highest BCUT2D eigenvalue weighted by Crippen LogP contribution is 2.12. The monoisotopic (exact) mass is 256 g/mol. The maximum absolute atomic E-state index is 11.1. The van der Waals surface area contributed by atoms with Gasteiger partial charge in [-0.15, -0.1) is 0 Å². The van der Waals surface area contributed by atoms with E-state index in [1.807, 2.05) is 27.0 Å². The summed E-state index contributed by atoms with van der Waals surface area (Å²) in [5.74, 6) is 2.98. The molecule has 2 atom stereocenters. The lowest BCUT2D eigenvalue weighted by Gasteiger charge is -2.14. The third-order valence-electron chi connectivity index (χ3n) is 2.22. The van der Waals surface area contributed by atoms with Gasteiger partial charge in [-0.2, -0.15) is 0 Å². The Morgan fingerprint density at radius 3 is 2.59 bits per heavy atom. The van der Waals surface area contributed by atoms with Crippen molar-refractivity contribution < 1.29 is 4.21 Å². The number of aromatic nitrogens is 2. The Kier molecular flexibility index (Phi) is 5.34. The summed E-state index contributed by atoms with van der Waals surface area (Å²) in [7, 11) is 1.02. The minimum atomic E-state index is -0.805. The van der Waals surface area contributed by atoms with E-state index in [4.69, 9.17) is 0 Å². The highest BCUT2D eigenvalue weighted by Gasteiger charge is 2.07. The van der Waals surface area contributed by atoms with Crippen molar-refractivity contribution in [3.8, 4) is 0 Å². The Hall–Kier alpha value is -1.17. The van der Waals surface area contributed by atoms with Gasteiger partial charge in [0, 0.05) is 48.4 Å². The molecule has 17 heavy (non-hydrogen) atoms. The van der Waals surface area contributed by atoms with Crippen molar-refractivity contribution >= 4 is 22.4 Å². The maximum atomic E-state index is 11.1. The van der Waals surface area contributed by atoms with Crippen molar-refractivity contribution in [1.82, 2.24) is 9.97 Å². The van der Waals surface area contributed by atoms with Crippen LogP contribution < -0.4 is 10.6 Å². The van der Waals surface area contributed by atoms with Gasteiger partial charge in [0.05, 0.1) is 0 Å². The van der Waals surface area contributed by atoms with Gasteiger partial charge in [0.15, 0.2) is 0 Å². The zero-order valence-corrected chi connectivity index (χ0v) is 11.6. The molecule has 0 aromatic carbocycles. The van der Waals surface area contributed by atoms with Gasteiger partial charge >= 0.3 is 0 Å². The van der Waals surface area contributed by atoms with E-state index in [2.05, 4.69) is 20.6 Å². The van der Waals surface area contributed by atoms with Crippen LogP contribution >= 0.6 is 0 Å². The quantitative estimate of drug-likeness (QED) is 0.802. The lowest BCUT2D eigenvalue weighted by Crippen LogP contribution is -2.23. The Morgan fingerprint density at radius 1 is 1.41 bits per heavy atom. The molecule has 0 spiro atoms. The number of nitrogens with zero attached hydrogens (tertiary/aromatic N) is 2. The number of hydrogen-bond acceptors (Lipinski definition) is 5. The zero-order valence-electron chi connectivity index (χ0n) is 10.8. The van der Waals surface area contributed by atoms with Crippen molar-refractivity contribution in [3.63, 3.8) is 0 Å². The van der Waals surface area contributed by atoms with Crippen molar-refractivity contribution in [2.45, 2.75) is 26.3 Å². The molecule has 1 aromatic rings. The largest absolute Gasteiger partial charge is 0.373 e. The minimum absolute atomic E-state index is 0.130. The molecule has 1 aromatic heterocycles. The summed E-state index contributed by atoms with van der Waals surface area (Å²) in [4.78, 5) is 8.70. The van der Waals surface area contributed by atoms with Crippen LogP contribution in [0.5, 0.6) is 0 Å². The van der Waals surface area contributed by atoms with Crippen LogP contribution in [0.1, 0.15) is 19.7 Å². The fourth-order valence-corrected chi connectivity index (χ4v) is 2.29. The normalized spacial score (nSPS) is 14.1. The van der Waals surface area contributed by atoms with Crippen molar-refractivity contribution in [2.75, 3.05) is 29.7 Å². The molecule has 2 unspecified atom stereocenters. The summed E-state index contributed by atoms with van der Waals surface area (Å²) in [5, 5.41) is 6.24. The molecule has 0 fully saturated rings. The first-order valence-corrected chi connectivity index (χ1v) is 7.40. The second kappa shape index (κ2) is 6.54. The van der Waals surface area contributed by atoms with Gasteiger partial charge in [-0.05, 0) is 6.92 Å². The van der Waals surface area contributed by atoms with Crippen LogP contribution in [0, 0.1) is 0 Å². The molecule has 1 heterocycles. The number of hydrogen-bond donors (Lipinski definition) is 2. The SMILES string of the molecule is CCc1nc(NC)cc(NC(C)CS(C)=O)n1. The van der Waals surface area contributed by atoms with E-state index >= 15 is 0 Å². The predicted octanol–water partition coefficient (Wildman–Crippen LogP) is 1.26. The van der Waals surface area contributed by atoms with Gasteiger partial charge in [0.2, 0.25) is 0 Å². The summed E-state index contributed by atoms with van der Waals surface area (Å²) in [6.45, 7) is 4.01. The van der Waals surface area contributed by atoms with Crippen molar-refractivity contribution in [2.24, 2.45) is 0 Å². The first-order chi connectivity index (χ1) is 8.05. The summed E-state index contributed by atoms with van der Waals surface area (Å²) >= 11 is 0. The Labute approximate surface area is 105 Å². The molecule has 6 heteroatoms. The third-order valence-corrected chi connectivity index (χ3v) is 3.19. The van der Waals surface area contributed by atoms with E-state index < -0.39 is 10.8 Å². The van der Waals surface area contributed by atoms with E-state index in [9.17, 15) is 4.21 Å². The molecular weight excluding hydrogens is 236 g/mol. The van der Waals surface area contributed by atoms with Crippen LogP contribution in [0.4, 0.5) is 11.6 Å². The van der Waals surface area contributed by atoms with Gasteiger partial charge in [-0.1, -0.05) is 6.92 Å². The van der Waals surface area contributed by atoms with Gasteiger partial charge in [0.25, 0.3) is 0 Å². The van der Waals surface area contributed by atoms with Gasteiger partial charge in [-0.3, -0.25) is 4.21 Å². The molecule has 0 aliphatic rings. The Morgan fingerprint density at radius 2 is 2.06 bits per heavy atom.